The molecule has 1 saturated heterocycles. The van der Waals surface area contributed by atoms with E-state index in [0.29, 0.717) is 12.2 Å². The molecule has 0 saturated carbocycles. The molecule has 0 unspecified atom stereocenters. The van der Waals surface area contributed by atoms with Crippen molar-refractivity contribution in [1.29, 1.82) is 0 Å². The molecular weight excluding hydrogens is 204 g/mol. The summed E-state index contributed by atoms with van der Waals surface area (Å²) in [7, 11) is 0. The Balaban J connectivity index is 1.92. The van der Waals surface area contributed by atoms with Gasteiger partial charge in [0, 0.05) is 18.2 Å². The fourth-order valence-electron chi connectivity index (χ4n) is 2.54. The van der Waals surface area contributed by atoms with Crippen molar-refractivity contribution in [1.82, 2.24) is 4.68 Å². The van der Waals surface area contributed by atoms with Gasteiger partial charge in [0.1, 0.15) is 0 Å². The first-order chi connectivity index (χ1) is 7.86. The van der Waals surface area contributed by atoms with Crippen LogP contribution in [-0.2, 0) is 11.2 Å². The summed E-state index contributed by atoms with van der Waals surface area (Å²) in [5, 5.41) is 2.26. The van der Waals surface area contributed by atoms with E-state index in [1.807, 2.05) is 12.3 Å². The van der Waals surface area contributed by atoms with Crippen LogP contribution in [0.1, 0.15) is 28.9 Å². The molecule has 4 heteroatoms. The van der Waals surface area contributed by atoms with Crippen LogP contribution in [0.2, 0.25) is 0 Å². The first-order valence-corrected chi connectivity index (χ1v) is 5.92. The van der Waals surface area contributed by atoms with Crippen LogP contribution in [0.25, 0.3) is 0 Å². The Bertz CT molecular complexity index is 405. The summed E-state index contributed by atoms with van der Waals surface area (Å²) in [6, 6.07) is 1.96. The minimum absolute atomic E-state index is 0.299. The average molecular weight is 220 g/mol. The molecule has 1 aromatic heterocycles. The lowest BCUT2D eigenvalue weighted by molar-refractivity contribution is 0.0970. The number of ether oxygens (including phenoxy) is 1. The van der Waals surface area contributed by atoms with E-state index in [4.69, 9.17) is 4.74 Å². The summed E-state index contributed by atoms with van der Waals surface area (Å²) in [5.74, 6) is 0.299. The van der Waals surface area contributed by atoms with E-state index in [1.165, 1.54) is 5.69 Å². The largest absolute Gasteiger partial charge is 0.378 e. The van der Waals surface area contributed by atoms with Crippen LogP contribution in [0, 0.1) is 0 Å². The number of aromatic nitrogens is 1. The lowest BCUT2D eigenvalue weighted by atomic mass is 9.97. The van der Waals surface area contributed by atoms with Gasteiger partial charge in [0.05, 0.1) is 32.0 Å². The predicted octanol–water partition coefficient (Wildman–Crippen LogP) is 0.975. The van der Waals surface area contributed by atoms with Crippen LogP contribution in [0.3, 0.4) is 0 Å². The normalized spacial score (nSPS) is 21.0. The topological polar surface area (TPSA) is 34.5 Å². The van der Waals surface area contributed by atoms with E-state index in [9.17, 15) is 4.79 Å². The molecule has 1 aliphatic heterocycles. The van der Waals surface area contributed by atoms with Crippen LogP contribution < -0.4 is 5.01 Å². The number of rotatable bonds is 1. The van der Waals surface area contributed by atoms with Gasteiger partial charge in [-0.25, -0.2) is 0 Å². The Labute approximate surface area is 94.8 Å². The number of fused-ring (bicyclic) bond motifs is 1. The van der Waals surface area contributed by atoms with Crippen LogP contribution in [-0.4, -0.2) is 36.8 Å². The molecule has 0 spiro atoms. The average Bonchev–Trinajstić information content (AvgIpc) is 2.75. The highest BCUT2D eigenvalue weighted by Crippen LogP contribution is 2.22. The van der Waals surface area contributed by atoms with Crippen molar-refractivity contribution in [3.8, 4) is 0 Å². The fourth-order valence-corrected chi connectivity index (χ4v) is 2.54. The number of hydrogen-bond acceptors (Lipinski definition) is 3. The molecule has 1 fully saturated rings. The number of ketones is 1. The van der Waals surface area contributed by atoms with Crippen LogP contribution in [0.4, 0.5) is 0 Å². The maximum atomic E-state index is 11.7. The zero-order valence-electron chi connectivity index (χ0n) is 9.32. The van der Waals surface area contributed by atoms with Gasteiger partial charge in [0.2, 0.25) is 0 Å². The second-order valence-electron chi connectivity index (χ2n) is 4.36. The van der Waals surface area contributed by atoms with Gasteiger partial charge in [-0.3, -0.25) is 9.47 Å². The molecule has 0 amide bonds. The SMILES string of the molecule is O=C1CCCc2c1ccn2N1CCOCC1. The Kier molecular flexibility index (Phi) is 2.44. The molecule has 0 radical (unpaired) electrons. The quantitative estimate of drug-likeness (QED) is 0.707. The highest BCUT2D eigenvalue weighted by atomic mass is 16.5. The molecule has 0 aromatic carbocycles. The van der Waals surface area contributed by atoms with Gasteiger partial charge in [-0.15, -0.1) is 0 Å². The third-order valence-corrected chi connectivity index (χ3v) is 3.38. The molecule has 4 nitrogen and oxygen atoms in total. The molecule has 1 aliphatic carbocycles. The molecule has 3 rings (SSSR count). The van der Waals surface area contributed by atoms with Gasteiger partial charge in [-0.2, -0.15) is 0 Å². The molecule has 2 aliphatic rings. The van der Waals surface area contributed by atoms with E-state index in [1.54, 1.807) is 0 Å². The van der Waals surface area contributed by atoms with E-state index in [0.717, 1.165) is 44.7 Å². The van der Waals surface area contributed by atoms with Crippen molar-refractivity contribution < 1.29 is 9.53 Å². The van der Waals surface area contributed by atoms with Gasteiger partial charge in [0.25, 0.3) is 0 Å². The standard InChI is InChI=1S/C12H16N2O2/c15-12-3-1-2-11-10(12)4-5-14(11)13-6-8-16-9-7-13/h4-5H,1-3,6-9H2. The fraction of sp³-hybridized carbons (Fsp3) is 0.583. The van der Waals surface area contributed by atoms with Crippen LogP contribution >= 0.6 is 0 Å². The summed E-state index contributed by atoms with van der Waals surface area (Å²) in [5.41, 5.74) is 2.12. The zero-order chi connectivity index (χ0) is 11.0. The van der Waals surface area contributed by atoms with Gasteiger partial charge in [-0.05, 0) is 18.9 Å². The Morgan fingerprint density at radius 3 is 2.81 bits per heavy atom. The van der Waals surface area contributed by atoms with Crippen molar-refractivity contribution in [2.24, 2.45) is 0 Å². The van der Waals surface area contributed by atoms with Gasteiger partial charge < -0.3 is 9.75 Å². The molecule has 0 atom stereocenters. The molecule has 86 valence electrons. The molecule has 1 aromatic rings. The molecule has 0 bridgehead atoms. The summed E-state index contributed by atoms with van der Waals surface area (Å²) < 4.78 is 7.50. The van der Waals surface area contributed by atoms with Crippen molar-refractivity contribution in [3.63, 3.8) is 0 Å². The highest BCUT2D eigenvalue weighted by molar-refractivity contribution is 5.98. The number of nitrogens with zero attached hydrogens (tertiary/aromatic N) is 2. The lowest BCUT2D eigenvalue weighted by Crippen LogP contribution is -2.44. The van der Waals surface area contributed by atoms with E-state index < -0.39 is 0 Å². The smallest absolute Gasteiger partial charge is 0.164 e. The van der Waals surface area contributed by atoms with E-state index in [-0.39, 0.29) is 0 Å². The monoisotopic (exact) mass is 220 g/mol. The zero-order valence-corrected chi connectivity index (χ0v) is 9.32. The summed E-state index contributed by atoms with van der Waals surface area (Å²) in [6.07, 6.45) is 4.74. The number of Topliss-reactive ketones (excluding diaryl/α,β-unsaturated/α-hetero) is 1. The Morgan fingerprint density at radius 1 is 1.19 bits per heavy atom. The molecular formula is C12H16N2O2. The maximum Gasteiger partial charge on any atom is 0.164 e. The number of carbonyl (C=O) groups excluding carboxylic acids is 1. The summed E-state index contributed by atoms with van der Waals surface area (Å²) >= 11 is 0. The van der Waals surface area contributed by atoms with Crippen molar-refractivity contribution in [3.05, 3.63) is 23.5 Å². The minimum Gasteiger partial charge on any atom is -0.378 e. The first-order valence-electron chi connectivity index (χ1n) is 5.92. The number of carbonyl (C=O) groups is 1. The molecule has 2 heterocycles. The number of hydrogen-bond donors (Lipinski definition) is 0. The van der Waals surface area contributed by atoms with Gasteiger partial charge in [0.15, 0.2) is 5.78 Å². The molecule has 0 N–H and O–H groups in total. The van der Waals surface area contributed by atoms with Crippen molar-refractivity contribution in [2.45, 2.75) is 19.3 Å². The second-order valence-corrected chi connectivity index (χ2v) is 4.36. The minimum atomic E-state index is 0.299. The van der Waals surface area contributed by atoms with Gasteiger partial charge >= 0.3 is 0 Å². The lowest BCUT2D eigenvalue weighted by Gasteiger charge is -2.32. The van der Waals surface area contributed by atoms with Crippen molar-refractivity contribution >= 4 is 5.78 Å². The second kappa shape index (κ2) is 3.94. The Hall–Kier alpha value is -1.29. The van der Waals surface area contributed by atoms with E-state index >= 15 is 0 Å². The number of morpholine rings is 1. The van der Waals surface area contributed by atoms with Crippen LogP contribution in [0.15, 0.2) is 12.3 Å². The Morgan fingerprint density at radius 2 is 2.00 bits per heavy atom. The third kappa shape index (κ3) is 1.53. The maximum absolute atomic E-state index is 11.7. The first kappa shape index (κ1) is 9.90. The third-order valence-electron chi connectivity index (χ3n) is 3.38. The van der Waals surface area contributed by atoms with E-state index in [2.05, 4.69) is 9.69 Å². The summed E-state index contributed by atoms with van der Waals surface area (Å²) in [6.45, 7) is 3.38. The highest BCUT2D eigenvalue weighted by Gasteiger charge is 2.23. The summed E-state index contributed by atoms with van der Waals surface area (Å²) in [4.78, 5) is 11.7. The van der Waals surface area contributed by atoms with Gasteiger partial charge in [-0.1, -0.05) is 0 Å². The van der Waals surface area contributed by atoms with Crippen molar-refractivity contribution in [2.75, 3.05) is 31.3 Å². The molecule has 16 heavy (non-hydrogen) atoms. The predicted molar refractivity (Wildman–Crippen MR) is 60.5 cm³/mol. The van der Waals surface area contributed by atoms with Crippen LogP contribution in [0.5, 0.6) is 0 Å².